The molecule has 1 heterocycles. The maximum atomic E-state index is 10.9. The second-order valence-corrected chi connectivity index (χ2v) is 3.05. The molecule has 1 aromatic rings. The number of aliphatic hydroxyl groups is 1. The van der Waals surface area contributed by atoms with Gasteiger partial charge < -0.3 is 9.84 Å². The summed E-state index contributed by atoms with van der Waals surface area (Å²) in [6.45, 7) is 1.86. The van der Waals surface area contributed by atoms with E-state index >= 15 is 0 Å². The number of pyridine rings is 1. The monoisotopic (exact) mass is 195 g/mol. The molecule has 0 saturated heterocycles. The molecule has 0 saturated carbocycles. The van der Waals surface area contributed by atoms with Crippen LogP contribution in [-0.2, 0) is 16.0 Å². The zero-order valence-electron chi connectivity index (χ0n) is 8.23. The first-order valence-electron chi connectivity index (χ1n) is 4.31. The summed E-state index contributed by atoms with van der Waals surface area (Å²) < 4.78 is 4.41. The van der Waals surface area contributed by atoms with Gasteiger partial charge in [-0.05, 0) is 24.6 Å². The fraction of sp³-hybridized carbons (Fsp3) is 0.400. The molecule has 0 bridgehead atoms. The molecule has 4 nitrogen and oxygen atoms in total. The van der Waals surface area contributed by atoms with E-state index in [1.54, 1.807) is 12.3 Å². The quantitative estimate of drug-likeness (QED) is 0.712. The summed E-state index contributed by atoms with van der Waals surface area (Å²) >= 11 is 0. The van der Waals surface area contributed by atoms with Gasteiger partial charge in [0.25, 0.3) is 0 Å². The number of ether oxygens (including phenoxy) is 1. The molecule has 1 N–H and O–H groups in total. The maximum Gasteiger partial charge on any atom is 0.335 e. The number of carbonyl (C=O) groups is 1. The Morgan fingerprint density at radius 2 is 2.43 bits per heavy atom. The predicted molar refractivity (Wildman–Crippen MR) is 50.7 cm³/mol. The van der Waals surface area contributed by atoms with Crippen molar-refractivity contribution in [1.82, 2.24) is 4.98 Å². The molecule has 4 heteroatoms. The Balaban J connectivity index is 2.64. The lowest BCUT2D eigenvalue weighted by molar-refractivity contribution is -0.150. The van der Waals surface area contributed by atoms with E-state index in [9.17, 15) is 9.90 Å². The van der Waals surface area contributed by atoms with Crippen molar-refractivity contribution in [2.45, 2.75) is 19.4 Å². The predicted octanol–water partition coefficient (Wildman–Crippen LogP) is 0.466. The van der Waals surface area contributed by atoms with Crippen LogP contribution in [0.5, 0.6) is 0 Å². The molecule has 0 aliphatic rings. The van der Waals surface area contributed by atoms with E-state index in [-0.39, 0.29) is 6.42 Å². The third-order valence-corrected chi connectivity index (χ3v) is 1.86. The van der Waals surface area contributed by atoms with E-state index in [4.69, 9.17) is 0 Å². The number of hydrogen-bond acceptors (Lipinski definition) is 4. The van der Waals surface area contributed by atoms with Crippen molar-refractivity contribution in [2.24, 2.45) is 0 Å². The highest BCUT2D eigenvalue weighted by Gasteiger charge is 2.15. The van der Waals surface area contributed by atoms with Crippen LogP contribution in [0.3, 0.4) is 0 Å². The van der Waals surface area contributed by atoms with Gasteiger partial charge in [0, 0.05) is 18.3 Å². The molecule has 14 heavy (non-hydrogen) atoms. The highest BCUT2D eigenvalue weighted by molar-refractivity contribution is 5.74. The van der Waals surface area contributed by atoms with E-state index in [0.29, 0.717) is 0 Å². The number of hydrogen-bond donors (Lipinski definition) is 1. The van der Waals surface area contributed by atoms with Crippen LogP contribution in [0, 0.1) is 6.92 Å². The van der Waals surface area contributed by atoms with E-state index in [0.717, 1.165) is 11.3 Å². The lowest BCUT2D eigenvalue weighted by Crippen LogP contribution is -2.24. The number of rotatable bonds is 3. The van der Waals surface area contributed by atoms with Crippen LogP contribution < -0.4 is 0 Å². The summed E-state index contributed by atoms with van der Waals surface area (Å²) in [6.07, 6.45) is 0.812. The standard InChI is InChI=1S/C10H13NO3/c1-7-5-8(3-4-11-7)6-9(12)10(13)14-2/h3-5,9,12H,6H2,1-2H3. The van der Waals surface area contributed by atoms with Crippen LogP contribution in [0.2, 0.25) is 0 Å². The first-order valence-corrected chi connectivity index (χ1v) is 4.31. The summed E-state index contributed by atoms with van der Waals surface area (Å²) in [4.78, 5) is 14.9. The molecule has 0 aromatic carbocycles. The highest BCUT2D eigenvalue weighted by atomic mass is 16.5. The van der Waals surface area contributed by atoms with Crippen molar-refractivity contribution in [3.05, 3.63) is 29.6 Å². The van der Waals surface area contributed by atoms with Crippen LogP contribution in [0.4, 0.5) is 0 Å². The van der Waals surface area contributed by atoms with Crippen molar-refractivity contribution >= 4 is 5.97 Å². The minimum atomic E-state index is -1.10. The summed E-state index contributed by atoms with van der Waals surface area (Å²) in [7, 11) is 1.25. The lowest BCUT2D eigenvalue weighted by Gasteiger charge is -2.07. The van der Waals surface area contributed by atoms with Gasteiger partial charge in [0.15, 0.2) is 6.10 Å². The number of carbonyl (C=O) groups excluding carboxylic acids is 1. The summed E-state index contributed by atoms with van der Waals surface area (Å²) in [5, 5.41) is 9.37. The maximum absolute atomic E-state index is 10.9. The molecule has 0 radical (unpaired) electrons. The largest absolute Gasteiger partial charge is 0.467 e. The summed E-state index contributed by atoms with van der Waals surface area (Å²) in [5.74, 6) is -0.612. The van der Waals surface area contributed by atoms with Crippen LogP contribution in [-0.4, -0.2) is 29.3 Å². The van der Waals surface area contributed by atoms with Gasteiger partial charge in [-0.1, -0.05) is 0 Å². The minimum absolute atomic E-state index is 0.260. The zero-order chi connectivity index (χ0) is 10.6. The van der Waals surface area contributed by atoms with Crippen LogP contribution in [0.1, 0.15) is 11.3 Å². The van der Waals surface area contributed by atoms with Gasteiger partial charge in [0.05, 0.1) is 7.11 Å². The number of aliphatic hydroxyl groups excluding tert-OH is 1. The molecule has 0 amide bonds. The molecule has 0 aliphatic carbocycles. The number of methoxy groups -OCH3 is 1. The number of aryl methyl sites for hydroxylation is 1. The third kappa shape index (κ3) is 2.81. The summed E-state index contributed by atoms with van der Waals surface area (Å²) in [6, 6.07) is 3.59. The van der Waals surface area contributed by atoms with Gasteiger partial charge in [0.1, 0.15) is 0 Å². The van der Waals surface area contributed by atoms with E-state index in [2.05, 4.69) is 9.72 Å². The molecule has 0 aliphatic heterocycles. The average Bonchev–Trinajstić information content (AvgIpc) is 2.16. The van der Waals surface area contributed by atoms with Crippen LogP contribution >= 0.6 is 0 Å². The third-order valence-electron chi connectivity index (χ3n) is 1.86. The Labute approximate surface area is 82.5 Å². The zero-order valence-corrected chi connectivity index (χ0v) is 8.23. The fourth-order valence-corrected chi connectivity index (χ4v) is 1.17. The Morgan fingerprint density at radius 3 is 3.00 bits per heavy atom. The van der Waals surface area contributed by atoms with Gasteiger partial charge >= 0.3 is 5.97 Å². The Hall–Kier alpha value is -1.42. The van der Waals surface area contributed by atoms with Gasteiger partial charge in [0.2, 0.25) is 0 Å². The highest BCUT2D eigenvalue weighted by Crippen LogP contribution is 2.05. The average molecular weight is 195 g/mol. The van der Waals surface area contributed by atoms with Crippen molar-refractivity contribution < 1.29 is 14.6 Å². The van der Waals surface area contributed by atoms with Gasteiger partial charge in [-0.25, -0.2) is 4.79 Å². The first kappa shape index (κ1) is 10.7. The first-order chi connectivity index (χ1) is 6.63. The Kier molecular flexibility index (Phi) is 3.59. The fourth-order valence-electron chi connectivity index (χ4n) is 1.17. The normalized spacial score (nSPS) is 12.2. The number of aromatic nitrogens is 1. The molecule has 0 spiro atoms. The van der Waals surface area contributed by atoms with E-state index < -0.39 is 12.1 Å². The molecule has 1 rings (SSSR count). The van der Waals surface area contributed by atoms with Gasteiger partial charge in [-0.15, -0.1) is 0 Å². The van der Waals surface area contributed by atoms with Crippen LogP contribution in [0.25, 0.3) is 0 Å². The molecule has 1 aromatic heterocycles. The summed E-state index contributed by atoms with van der Waals surface area (Å²) in [5.41, 5.74) is 1.73. The van der Waals surface area contributed by atoms with E-state index in [1.165, 1.54) is 7.11 Å². The lowest BCUT2D eigenvalue weighted by atomic mass is 10.1. The SMILES string of the molecule is COC(=O)C(O)Cc1ccnc(C)c1. The van der Waals surface area contributed by atoms with E-state index in [1.807, 2.05) is 13.0 Å². The topological polar surface area (TPSA) is 59.4 Å². The van der Waals surface area contributed by atoms with Gasteiger partial charge in [-0.3, -0.25) is 4.98 Å². The second-order valence-electron chi connectivity index (χ2n) is 3.05. The minimum Gasteiger partial charge on any atom is -0.467 e. The smallest absolute Gasteiger partial charge is 0.335 e. The molecular weight excluding hydrogens is 182 g/mol. The molecule has 1 unspecified atom stereocenters. The van der Waals surface area contributed by atoms with Crippen LogP contribution in [0.15, 0.2) is 18.3 Å². The Morgan fingerprint density at radius 1 is 1.71 bits per heavy atom. The number of nitrogens with zero attached hydrogens (tertiary/aromatic N) is 1. The van der Waals surface area contributed by atoms with Crippen molar-refractivity contribution in [3.8, 4) is 0 Å². The molecule has 1 atom stereocenters. The van der Waals surface area contributed by atoms with Gasteiger partial charge in [-0.2, -0.15) is 0 Å². The van der Waals surface area contributed by atoms with Crippen molar-refractivity contribution in [3.63, 3.8) is 0 Å². The number of esters is 1. The molecule has 0 fully saturated rings. The second kappa shape index (κ2) is 4.72. The van der Waals surface area contributed by atoms with Crippen molar-refractivity contribution in [2.75, 3.05) is 7.11 Å². The molecule has 76 valence electrons. The molecular formula is C10H13NO3. The Bertz CT molecular complexity index is 325. The van der Waals surface area contributed by atoms with Crippen molar-refractivity contribution in [1.29, 1.82) is 0 Å².